The Bertz CT molecular complexity index is 1190. The average molecular weight is 486 g/mol. The molecule has 0 bridgehead atoms. The van der Waals surface area contributed by atoms with E-state index in [0.29, 0.717) is 48.2 Å². The number of nitrogens with zero attached hydrogens (tertiary/aromatic N) is 3. The molecule has 10 heteroatoms. The third-order valence-corrected chi connectivity index (χ3v) is 7.37. The van der Waals surface area contributed by atoms with E-state index in [2.05, 4.69) is 28.0 Å². The molecule has 4 rings (SSSR count). The Balaban J connectivity index is 1.43. The number of nitrogens with two attached hydrogens (primary N) is 1. The quantitative estimate of drug-likeness (QED) is 0.620. The Kier molecular flexibility index (Phi) is 7.06. The molecule has 1 amide bonds. The first-order chi connectivity index (χ1) is 16.3. The number of hydrogen-bond donors (Lipinski definition) is 2. The zero-order valence-corrected chi connectivity index (χ0v) is 20.3. The number of ether oxygens (including phenoxy) is 1. The normalized spacial score (nSPS) is 19.2. The first kappa shape index (κ1) is 24.0. The fourth-order valence-corrected chi connectivity index (χ4v) is 5.47. The predicted octanol–water partition coefficient (Wildman–Crippen LogP) is 3.29. The standard InChI is InChI=1S/C24H31N5O4S/c1-3-17(4-2)20-13-18(10-11-26-20)24(30)29-12-6-7-16(14-29)15-33-21-9-5-8-19-22(21)23(25)28-34(31,32)27-19/h5,8-11,13,16-17,27H,3-4,6-7,12,14-15H2,1-2H3,(H2,25,28)/t16-/m0/s1. The Morgan fingerprint density at radius 2 is 2.09 bits per heavy atom. The van der Waals surface area contributed by atoms with Gasteiger partial charge in [-0.1, -0.05) is 19.9 Å². The van der Waals surface area contributed by atoms with Gasteiger partial charge in [0.25, 0.3) is 5.91 Å². The highest BCUT2D eigenvalue weighted by Gasteiger charge is 2.28. The highest BCUT2D eigenvalue weighted by Crippen LogP contribution is 2.31. The zero-order valence-electron chi connectivity index (χ0n) is 19.5. The molecule has 34 heavy (non-hydrogen) atoms. The summed E-state index contributed by atoms with van der Waals surface area (Å²) in [5.41, 5.74) is 8.33. The van der Waals surface area contributed by atoms with Gasteiger partial charge in [-0.25, -0.2) is 0 Å². The van der Waals surface area contributed by atoms with Crippen molar-refractivity contribution in [3.8, 4) is 5.75 Å². The van der Waals surface area contributed by atoms with Crippen molar-refractivity contribution in [3.05, 3.63) is 53.3 Å². The topological polar surface area (TPSA) is 127 Å². The molecule has 0 saturated carbocycles. The van der Waals surface area contributed by atoms with Crippen molar-refractivity contribution < 1.29 is 17.9 Å². The van der Waals surface area contributed by atoms with Gasteiger partial charge in [-0.05, 0) is 49.9 Å². The first-order valence-electron chi connectivity index (χ1n) is 11.7. The minimum Gasteiger partial charge on any atom is -0.492 e. The number of piperidine rings is 1. The molecule has 182 valence electrons. The van der Waals surface area contributed by atoms with Crippen LogP contribution in [0.25, 0.3) is 0 Å². The molecule has 0 unspecified atom stereocenters. The van der Waals surface area contributed by atoms with E-state index < -0.39 is 10.2 Å². The van der Waals surface area contributed by atoms with Gasteiger partial charge < -0.3 is 15.4 Å². The number of hydrogen-bond acceptors (Lipinski definition) is 6. The maximum atomic E-state index is 13.2. The van der Waals surface area contributed by atoms with E-state index in [4.69, 9.17) is 10.5 Å². The molecule has 2 aliphatic heterocycles. The summed E-state index contributed by atoms with van der Waals surface area (Å²) >= 11 is 0. The van der Waals surface area contributed by atoms with Crippen molar-refractivity contribution in [1.82, 2.24) is 9.88 Å². The van der Waals surface area contributed by atoms with Crippen molar-refractivity contribution in [2.24, 2.45) is 16.0 Å². The summed E-state index contributed by atoms with van der Waals surface area (Å²) < 4.78 is 35.5. The van der Waals surface area contributed by atoms with Crippen LogP contribution in [0.3, 0.4) is 0 Å². The van der Waals surface area contributed by atoms with E-state index in [-0.39, 0.29) is 17.7 Å². The number of carbonyl (C=O) groups excluding carboxylic acids is 1. The summed E-state index contributed by atoms with van der Waals surface area (Å²) in [5.74, 6) is 0.881. The molecule has 1 atom stereocenters. The average Bonchev–Trinajstić information content (AvgIpc) is 2.82. The number of likely N-dealkylation sites (tertiary alicyclic amines) is 1. The maximum absolute atomic E-state index is 13.2. The Labute approximate surface area is 200 Å². The largest absolute Gasteiger partial charge is 0.492 e. The number of amides is 1. The number of pyridine rings is 1. The van der Waals surface area contributed by atoms with Crippen LogP contribution in [0.15, 0.2) is 40.9 Å². The van der Waals surface area contributed by atoms with Gasteiger partial charge in [0.15, 0.2) is 5.84 Å². The molecule has 2 aromatic rings. The van der Waals surface area contributed by atoms with E-state index in [9.17, 15) is 13.2 Å². The van der Waals surface area contributed by atoms with Crippen molar-refractivity contribution >= 4 is 27.6 Å². The summed E-state index contributed by atoms with van der Waals surface area (Å²) in [6.45, 7) is 5.96. The van der Waals surface area contributed by atoms with Crippen LogP contribution >= 0.6 is 0 Å². The number of anilines is 1. The van der Waals surface area contributed by atoms with E-state index in [1.807, 2.05) is 11.0 Å². The fourth-order valence-electron chi connectivity index (χ4n) is 4.62. The molecule has 2 aliphatic rings. The van der Waals surface area contributed by atoms with E-state index >= 15 is 0 Å². The van der Waals surface area contributed by atoms with E-state index in [0.717, 1.165) is 31.4 Å². The van der Waals surface area contributed by atoms with Gasteiger partial charge in [-0.3, -0.25) is 14.5 Å². The van der Waals surface area contributed by atoms with Crippen molar-refractivity contribution in [3.63, 3.8) is 0 Å². The number of benzene rings is 1. The van der Waals surface area contributed by atoms with Crippen LogP contribution in [-0.4, -0.2) is 49.7 Å². The molecule has 3 heterocycles. The number of nitrogens with one attached hydrogen (secondary N) is 1. The minimum atomic E-state index is -3.84. The van der Waals surface area contributed by atoms with Crippen LogP contribution in [0.1, 0.15) is 67.1 Å². The summed E-state index contributed by atoms with van der Waals surface area (Å²) in [4.78, 5) is 19.6. The number of fused-ring (bicyclic) bond motifs is 1. The third-order valence-electron chi connectivity index (χ3n) is 6.45. The van der Waals surface area contributed by atoms with Gasteiger partial charge >= 0.3 is 10.2 Å². The predicted molar refractivity (Wildman–Crippen MR) is 131 cm³/mol. The van der Waals surface area contributed by atoms with Crippen LogP contribution in [0.5, 0.6) is 5.75 Å². The van der Waals surface area contributed by atoms with Gasteiger partial charge in [0.2, 0.25) is 0 Å². The van der Waals surface area contributed by atoms with Crippen LogP contribution in [-0.2, 0) is 10.2 Å². The van der Waals surface area contributed by atoms with E-state index in [1.165, 1.54) is 0 Å². The molecule has 1 aromatic carbocycles. The highest BCUT2D eigenvalue weighted by molar-refractivity contribution is 7.91. The molecule has 1 aromatic heterocycles. The molecular weight excluding hydrogens is 454 g/mol. The van der Waals surface area contributed by atoms with Gasteiger partial charge in [0.05, 0.1) is 17.9 Å². The monoisotopic (exact) mass is 485 g/mol. The van der Waals surface area contributed by atoms with Crippen molar-refractivity contribution in [1.29, 1.82) is 0 Å². The summed E-state index contributed by atoms with van der Waals surface area (Å²) in [5, 5.41) is 0. The SMILES string of the molecule is CCC(CC)c1cc(C(=O)N2CCC[C@H](COc3cccc4c3C(N)=NS(=O)(=O)N4)C2)ccn1. The second-order valence-electron chi connectivity index (χ2n) is 8.79. The Hall–Kier alpha value is -3.14. The smallest absolute Gasteiger partial charge is 0.344 e. The highest BCUT2D eigenvalue weighted by atomic mass is 32.2. The molecular formula is C24H31N5O4S. The lowest BCUT2D eigenvalue weighted by Crippen LogP contribution is -2.41. The second-order valence-corrected chi connectivity index (χ2v) is 10.1. The molecule has 0 aliphatic carbocycles. The molecule has 1 fully saturated rings. The second kappa shape index (κ2) is 10.0. The molecule has 0 spiro atoms. The maximum Gasteiger partial charge on any atom is 0.344 e. The van der Waals surface area contributed by atoms with Crippen LogP contribution < -0.4 is 15.2 Å². The number of amidine groups is 1. The minimum absolute atomic E-state index is 0.0159. The lowest BCUT2D eigenvalue weighted by Gasteiger charge is -2.33. The molecule has 1 saturated heterocycles. The van der Waals surface area contributed by atoms with Gasteiger partial charge in [0.1, 0.15) is 5.75 Å². The lowest BCUT2D eigenvalue weighted by atomic mass is 9.96. The molecule has 0 radical (unpaired) electrons. The third kappa shape index (κ3) is 5.16. The molecule has 3 N–H and O–H groups in total. The van der Waals surface area contributed by atoms with Crippen molar-refractivity contribution in [2.45, 2.75) is 45.4 Å². The van der Waals surface area contributed by atoms with Crippen LogP contribution in [0.4, 0.5) is 5.69 Å². The van der Waals surface area contributed by atoms with E-state index in [1.54, 1.807) is 30.5 Å². The Morgan fingerprint density at radius 1 is 1.29 bits per heavy atom. The zero-order chi connectivity index (χ0) is 24.3. The molecule has 9 nitrogen and oxygen atoms in total. The number of aromatic nitrogens is 1. The number of carbonyl (C=O) groups is 1. The summed E-state index contributed by atoms with van der Waals surface area (Å²) in [6.07, 6.45) is 5.53. The van der Waals surface area contributed by atoms with Crippen LogP contribution in [0, 0.1) is 5.92 Å². The fraction of sp³-hybridized carbons (Fsp3) is 0.458. The number of rotatable bonds is 7. The summed E-state index contributed by atoms with van der Waals surface area (Å²) in [6, 6.07) is 8.77. The Morgan fingerprint density at radius 3 is 2.85 bits per heavy atom. The van der Waals surface area contributed by atoms with Gasteiger partial charge in [0, 0.05) is 42.4 Å². The lowest BCUT2D eigenvalue weighted by molar-refractivity contribution is 0.0633. The summed E-state index contributed by atoms with van der Waals surface area (Å²) in [7, 11) is -3.84. The van der Waals surface area contributed by atoms with Crippen molar-refractivity contribution in [2.75, 3.05) is 24.4 Å². The van der Waals surface area contributed by atoms with Gasteiger partial charge in [-0.2, -0.15) is 8.42 Å². The van der Waals surface area contributed by atoms with Gasteiger partial charge in [-0.15, -0.1) is 4.40 Å². The van der Waals surface area contributed by atoms with Crippen LogP contribution in [0.2, 0.25) is 0 Å². The first-order valence-corrected chi connectivity index (χ1v) is 13.1.